The van der Waals surface area contributed by atoms with Crippen molar-refractivity contribution in [2.45, 2.75) is 27.2 Å². The van der Waals surface area contributed by atoms with E-state index in [2.05, 4.69) is 5.32 Å². The van der Waals surface area contributed by atoms with Gasteiger partial charge in [-0.2, -0.15) is 0 Å². The van der Waals surface area contributed by atoms with Gasteiger partial charge in [0.25, 0.3) is 0 Å². The van der Waals surface area contributed by atoms with Crippen LogP contribution in [0.15, 0.2) is 24.3 Å². The van der Waals surface area contributed by atoms with E-state index in [1.165, 1.54) is 0 Å². The van der Waals surface area contributed by atoms with Crippen LogP contribution in [0.2, 0.25) is 0 Å². The number of ether oxygens (including phenoxy) is 2. The number of benzene rings is 1. The second kappa shape index (κ2) is 7.41. The zero-order valence-electron chi connectivity index (χ0n) is 11.4. The quantitative estimate of drug-likeness (QED) is 0.656. The first kappa shape index (κ1) is 15.0. The monoisotopic (exact) mass is 265 g/mol. The van der Waals surface area contributed by atoms with E-state index >= 15 is 0 Å². The average Bonchev–Trinajstić information content (AvgIpc) is 2.38. The maximum Gasteiger partial charge on any atom is 0.411 e. The molecule has 0 fully saturated rings. The van der Waals surface area contributed by atoms with Gasteiger partial charge in [-0.05, 0) is 30.2 Å². The fourth-order valence-electron chi connectivity index (χ4n) is 1.21. The van der Waals surface area contributed by atoms with Gasteiger partial charge in [-0.3, -0.25) is 10.1 Å². The van der Waals surface area contributed by atoms with Crippen LogP contribution in [-0.2, 0) is 9.53 Å². The first-order valence-electron chi connectivity index (χ1n) is 6.25. The third kappa shape index (κ3) is 5.90. The normalized spacial score (nSPS) is 10.1. The number of amides is 1. The summed E-state index contributed by atoms with van der Waals surface area (Å²) in [7, 11) is 0. The SMILES string of the molecule is CCC(=O)Oc1ccc(NC(=O)OCC(C)C)cc1. The van der Waals surface area contributed by atoms with Gasteiger partial charge in [-0.25, -0.2) is 4.79 Å². The molecule has 0 unspecified atom stereocenters. The molecule has 0 saturated carbocycles. The van der Waals surface area contributed by atoms with Crippen LogP contribution in [-0.4, -0.2) is 18.7 Å². The Kier molecular flexibility index (Phi) is 5.85. The lowest BCUT2D eigenvalue weighted by Crippen LogP contribution is -2.16. The van der Waals surface area contributed by atoms with Crippen molar-refractivity contribution in [3.8, 4) is 5.75 Å². The van der Waals surface area contributed by atoms with Crippen molar-refractivity contribution in [2.75, 3.05) is 11.9 Å². The maximum atomic E-state index is 11.4. The number of rotatable bonds is 5. The number of anilines is 1. The van der Waals surface area contributed by atoms with Crippen molar-refractivity contribution in [2.24, 2.45) is 5.92 Å². The van der Waals surface area contributed by atoms with Crippen molar-refractivity contribution in [1.29, 1.82) is 0 Å². The summed E-state index contributed by atoms with van der Waals surface area (Å²) in [6, 6.07) is 6.53. The minimum Gasteiger partial charge on any atom is -0.449 e. The molecular weight excluding hydrogens is 246 g/mol. The summed E-state index contributed by atoms with van der Waals surface area (Å²) in [4.78, 5) is 22.5. The standard InChI is InChI=1S/C14H19NO4/c1-4-13(16)19-12-7-5-11(6-8-12)15-14(17)18-9-10(2)3/h5-8,10H,4,9H2,1-3H3,(H,15,17). The number of hydrogen-bond acceptors (Lipinski definition) is 4. The molecule has 0 aliphatic rings. The molecule has 0 saturated heterocycles. The Labute approximate surface area is 112 Å². The van der Waals surface area contributed by atoms with E-state index < -0.39 is 6.09 Å². The second-order valence-electron chi connectivity index (χ2n) is 4.47. The Bertz CT molecular complexity index is 426. The van der Waals surface area contributed by atoms with E-state index in [-0.39, 0.29) is 5.97 Å². The van der Waals surface area contributed by atoms with Gasteiger partial charge in [-0.1, -0.05) is 20.8 Å². The van der Waals surface area contributed by atoms with Crippen LogP contribution in [0.3, 0.4) is 0 Å². The minimum absolute atomic E-state index is 0.293. The van der Waals surface area contributed by atoms with Crippen LogP contribution in [0.1, 0.15) is 27.2 Å². The third-order valence-electron chi connectivity index (χ3n) is 2.17. The van der Waals surface area contributed by atoms with Gasteiger partial charge in [0.2, 0.25) is 0 Å². The molecule has 0 atom stereocenters. The zero-order valence-corrected chi connectivity index (χ0v) is 11.4. The smallest absolute Gasteiger partial charge is 0.411 e. The van der Waals surface area contributed by atoms with Crippen LogP contribution < -0.4 is 10.1 Å². The van der Waals surface area contributed by atoms with Gasteiger partial charge in [-0.15, -0.1) is 0 Å². The van der Waals surface area contributed by atoms with Crippen molar-refractivity contribution in [1.82, 2.24) is 0 Å². The average molecular weight is 265 g/mol. The Morgan fingerprint density at radius 3 is 2.37 bits per heavy atom. The van der Waals surface area contributed by atoms with E-state index in [4.69, 9.17) is 9.47 Å². The fourth-order valence-corrected chi connectivity index (χ4v) is 1.21. The molecule has 1 aromatic rings. The van der Waals surface area contributed by atoms with Crippen molar-refractivity contribution >= 4 is 17.7 Å². The van der Waals surface area contributed by atoms with Gasteiger partial charge in [0.15, 0.2) is 0 Å². The Balaban J connectivity index is 2.47. The van der Waals surface area contributed by atoms with E-state index in [9.17, 15) is 9.59 Å². The van der Waals surface area contributed by atoms with E-state index in [0.29, 0.717) is 30.4 Å². The van der Waals surface area contributed by atoms with Gasteiger partial charge < -0.3 is 9.47 Å². The van der Waals surface area contributed by atoms with Gasteiger partial charge in [0, 0.05) is 12.1 Å². The van der Waals surface area contributed by atoms with E-state index in [1.54, 1.807) is 31.2 Å². The molecule has 19 heavy (non-hydrogen) atoms. The molecule has 1 rings (SSSR count). The Morgan fingerprint density at radius 2 is 1.84 bits per heavy atom. The lowest BCUT2D eigenvalue weighted by atomic mass is 10.2. The molecule has 1 N–H and O–H groups in total. The summed E-state index contributed by atoms with van der Waals surface area (Å²) in [5.41, 5.74) is 0.588. The number of esters is 1. The minimum atomic E-state index is -0.494. The number of nitrogens with one attached hydrogen (secondary N) is 1. The summed E-state index contributed by atoms with van der Waals surface area (Å²) in [6.07, 6.45) is -0.173. The van der Waals surface area contributed by atoms with Gasteiger partial charge >= 0.3 is 12.1 Å². The predicted molar refractivity (Wildman–Crippen MR) is 72.2 cm³/mol. The highest BCUT2D eigenvalue weighted by Crippen LogP contribution is 2.16. The first-order valence-corrected chi connectivity index (χ1v) is 6.25. The predicted octanol–water partition coefficient (Wildman–Crippen LogP) is 3.21. The van der Waals surface area contributed by atoms with Gasteiger partial charge in [0.05, 0.1) is 6.61 Å². The van der Waals surface area contributed by atoms with Crippen LogP contribution in [0.5, 0.6) is 5.75 Å². The molecule has 1 amide bonds. The largest absolute Gasteiger partial charge is 0.449 e. The molecule has 0 spiro atoms. The highest BCUT2D eigenvalue weighted by atomic mass is 16.5. The van der Waals surface area contributed by atoms with Crippen LogP contribution in [0.4, 0.5) is 10.5 Å². The van der Waals surface area contributed by atoms with Crippen molar-refractivity contribution < 1.29 is 19.1 Å². The zero-order chi connectivity index (χ0) is 14.3. The first-order chi connectivity index (χ1) is 9.01. The lowest BCUT2D eigenvalue weighted by molar-refractivity contribution is -0.134. The molecule has 5 heteroatoms. The molecule has 0 aromatic heterocycles. The van der Waals surface area contributed by atoms with Gasteiger partial charge in [0.1, 0.15) is 5.75 Å². The highest BCUT2D eigenvalue weighted by Gasteiger charge is 2.05. The molecule has 0 aliphatic carbocycles. The van der Waals surface area contributed by atoms with E-state index in [1.807, 2.05) is 13.8 Å². The molecule has 0 aliphatic heterocycles. The van der Waals surface area contributed by atoms with Crippen molar-refractivity contribution in [3.63, 3.8) is 0 Å². The molecule has 0 radical (unpaired) electrons. The van der Waals surface area contributed by atoms with E-state index in [0.717, 1.165) is 0 Å². The number of hydrogen-bond donors (Lipinski definition) is 1. The molecule has 0 heterocycles. The summed E-state index contributed by atoms with van der Waals surface area (Å²) < 4.78 is 10.0. The number of carbonyl (C=O) groups is 2. The Hall–Kier alpha value is -2.04. The fraction of sp³-hybridized carbons (Fsp3) is 0.429. The van der Waals surface area contributed by atoms with Crippen LogP contribution >= 0.6 is 0 Å². The van der Waals surface area contributed by atoms with Crippen LogP contribution in [0, 0.1) is 5.92 Å². The topological polar surface area (TPSA) is 64.6 Å². The molecule has 5 nitrogen and oxygen atoms in total. The number of carbonyl (C=O) groups excluding carboxylic acids is 2. The highest BCUT2D eigenvalue weighted by molar-refractivity contribution is 5.84. The second-order valence-corrected chi connectivity index (χ2v) is 4.47. The summed E-state index contributed by atoms with van der Waals surface area (Å²) in [5, 5.41) is 2.59. The molecule has 104 valence electrons. The Morgan fingerprint density at radius 1 is 1.21 bits per heavy atom. The summed E-state index contributed by atoms with van der Waals surface area (Å²) in [5.74, 6) is 0.451. The summed E-state index contributed by atoms with van der Waals surface area (Å²) in [6.45, 7) is 6.02. The summed E-state index contributed by atoms with van der Waals surface area (Å²) >= 11 is 0. The lowest BCUT2D eigenvalue weighted by Gasteiger charge is -2.09. The van der Waals surface area contributed by atoms with Crippen molar-refractivity contribution in [3.05, 3.63) is 24.3 Å². The molecular formula is C14H19NO4. The van der Waals surface area contributed by atoms with Crippen LogP contribution in [0.25, 0.3) is 0 Å². The third-order valence-corrected chi connectivity index (χ3v) is 2.17. The molecule has 0 bridgehead atoms. The maximum absolute atomic E-state index is 11.4. The molecule has 1 aromatic carbocycles.